The molecule has 0 saturated carbocycles. The molecule has 3 heteroatoms. The Morgan fingerprint density at radius 3 is 1.03 bits per heavy atom. The van der Waals surface area contributed by atoms with Gasteiger partial charge in [0, 0.05) is 33.1 Å². The second-order valence-corrected chi connectivity index (χ2v) is 8.73. The molecule has 0 saturated heterocycles. The van der Waals surface area contributed by atoms with E-state index >= 15 is 0 Å². The van der Waals surface area contributed by atoms with Crippen LogP contribution in [-0.4, -0.2) is 9.97 Å². The number of para-hydroxylation sites is 4. The highest BCUT2D eigenvalue weighted by Crippen LogP contribution is 2.33. The van der Waals surface area contributed by atoms with Gasteiger partial charge < -0.3 is 0 Å². The van der Waals surface area contributed by atoms with Crippen molar-refractivity contribution in [2.75, 3.05) is 0 Å². The number of hydrogen-bond acceptors (Lipinski definition) is 3. The number of rotatable bonds is 4. The molecule has 0 aliphatic rings. The van der Waals surface area contributed by atoms with Crippen LogP contribution in [0, 0.1) is 0 Å². The van der Waals surface area contributed by atoms with Crippen molar-refractivity contribution in [3.63, 3.8) is 0 Å². The topological polar surface area (TPSA) is 25.8 Å². The second kappa shape index (κ2) is 7.68. The van der Waals surface area contributed by atoms with E-state index in [1.807, 2.05) is 11.8 Å². The highest BCUT2D eigenvalue weighted by atomic mass is 32.2. The number of thioether (sulfide) groups is 1. The third-order valence-electron chi connectivity index (χ3n) is 5.89. The van der Waals surface area contributed by atoms with E-state index in [-0.39, 0.29) is 0 Å². The molecule has 2 nitrogen and oxygen atoms in total. The van der Waals surface area contributed by atoms with Gasteiger partial charge in [-0.2, -0.15) is 11.8 Å². The molecule has 0 spiro atoms. The van der Waals surface area contributed by atoms with E-state index in [0.717, 1.165) is 33.6 Å². The molecular weight excluding hydrogens is 396 g/mol. The smallest absolute Gasteiger partial charge is 0.0712 e. The monoisotopic (exact) mass is 416 g/mol. The van der Waals surface area contributed by atoms with Crippen molar-refractivity contribution in [2.45, 2.75) is 11.5 Å². The maximum Gasteiger partial charge on any atom is 0.0712 e. The second-order valence-electron chi connectivity index (χ2n) is 7.74. The minimum atomic E-state index is 0.939. The molecule has 31 heavy (non-hydrogen) atoms. The van der Waals surface area contributed by atoms with Gasteiger partial charge in [-0.05, 0) is 35.4 Å². The molecule has 0 fully saturated rings. The van der Waals surface area contributed by atoms with Gasteiger partial charge in [0.15, 0.2) is 0 Å². The molecule has 0 atom stereocenters. The summed E-state index contributed by atoms with van der Waals surface area (Å²) in [6.45, 7) is 0. The molecule has 148 valence electrons. The Kier molecular flexibility index (Phi) is 4.54. The molecule has 0 unspecified atom stereocenters. The van der Waals surface area contributed by atoms with Crippen molar-refractivity contribution in [3.05, 3.63) is 108 Å². The first-order valence-electron chi connectivity index (χ1n) is 10.5. The minimum absolute atomic E-state index is 0.939. The van der Waals surface area contributed by atoms with Gasteiger partial charge >= 0.3 is 0 Å². The fourth-order valence-corrected chi connectivity index (χ4v) is 5.55. The number of hydrogen-bond donors (Lipinski definition) is 0. The summed E-state index contributed by atoms with van der Waals surface area (Å²) in [5, 5.41) is 4.99. The predicted molar refractivity (Wildman–Crippen MR) is 133 cm³/mol. The molecule has 4 aromatic carbocycles. The number of fused-ring (bicyclic) bond motifs is 4. The van der Waals surface area contributed by atoms with Crippen LogP contribution < -0.4 is 0 Å². The predicted octanol–water partition coefficient (Wildman–Crippen LogP) is 7.52. The van der Waals surface area contributed by atoms with E-state index < -0.39 is 0 Å². The fraction of sp³-hybridized carbons (Fsp3) is 0.0714. The Bertz CT molecular complexity index is 1350. The van der Waals surface area contributed by atoms with E-state index in [2.05, 4.69) is 97.1 Å². The molecule has 2 heterocycles. The first-order valence-corrected chi connectivity index (χ1v) is 11.6. The van der Waals surface area contributed by atoms with Crippen LogP contribution in [0.3, 0.4) is 0 Å². The molecule has 0 amide bonds. The SMILES string of the molecule is c1ccc2c(CSCc3c4ccccc4nc4ccccc34)c3ccccc3nc2c1. The lowest BCUT2D eigenvalue weighted by Gasteiger charge is -2.13. The van der Waals surface area contributed by atoms with E-state index in [4.69, 9.17) is 9.97 Å². The van der Waals surface area contributed by atoms with E-state index in [1.165, 1.54) is 32.7 Å². The standard InChI is InChI=1S/C28H20N2S/c1-5-13-25-19(9-1)23(20-10-2-6-14-26(20)29-25)17-31-18-24-21-11-3-7-15-27(21)30-28-16-8-4-12-22(24)28/h1-16H,17-18H2. The van der Waals surface area contributed by atoms with Crippen LogP contribution in [0.5, 0.6) is 0 Å². The summed E-state index contributed by atoms with van der Waals surface area (Å²) in [6, 6.07) is 33.9. The van der Waals surface area contributed by atoms with Crippen LogP contribution in [0.2, 0.25) is 0 Å². The molecule has 6 rings (SSSR count). The third-order valence-corrected chi connectivity index (χ3v) is 6.88. The molecule has 0 bridgehead atoms. The van der Waals surface area contributed by atoms with Gasteiger partial charge in [0.2, 0.25) is 0 Å². The molecular formula is C28H20N2S. The van der Waals surface area contributed by atoms with Gasteiger partial charge in [0.1, 0.15) is 0 Å². The quantitative estimate of drug-likeness (QED) is 0.278. The number of benzene rings is 4. The third kappa shape index (κ3) is 3.22. The minimum Gasteiger partial charge on any atom is -0.248 e. The first kappa shape index (κ1) is 18.3. The number of nitrogens with zero attached hydrogens (tertiary/aromatic N) is 2. The van der Waals surface area contributed by atoms with Crippen LogP contribution in [0.1, 0.15) is 11.1 Å². The summed E-state index contributed by atoms with van der Waals surface area (Å²) in [6.07, 6.45) is 0. The van der Waals surface area contributed by atoms with Crippen molar-refractivity contribution < 1.29 is 0 Å². The zero-order valence-corrected chi connectivity index (χ0v) is 17.8. The van der Waals surface area contributed by atoms with Gasteiger partial charge in [-0.25, -0.2) is 9.97 Å². The molecule has 2 aromatic heterocycles. The lowest BCUT2D eigenvalue weighted by Crippen LogP contribution is -1.94. The lowest BCUT2D eigenvalue weighted by molar-refractivity contribution is 1.40. The van der Waals surface area contributed by atoms with Crippen molar-refractivity contribution >= 4 is 55.4 Å². The maximum absolute atomic E-state index is 4.87. The summed E-state index contributed by atoms with van der Waals surface area (Å²) in [5.74, 6) is 1.88. The van der Waals surface area contributed by atoms with Crippen LogP contribution in [0.4, 0.5) is 0 Å². The van der Waals surface area contributed by atoms with Crippen LogP contribution in [-0.2, 0) is 11.5 Å². The van der Waals surface area contributed by atoms with Crippen molar-refractivity contribution in [1.29, 1.82) is 0 Å². The Morgan fingerprint density at radius 1 is 0.419 bits per heavy atom. The fourth-order valence-electron chi connectivity index (χ4n) is 4.42. The van der Waals surface area contributed by atoms with Gasteiger partial charge in [-0.3, -0.25) is 0 Å². The Hall–Kier alpha value is -3.43. The zero-order chi connectivity index (χ0) is 20.6. The molecule has 0 N–H and O–H groups in total. The number of pyridine rings is 2. The van der Waals surface area contributed by atoms with Crippen LogP contribution in [0.25, 0.3) is 43.6 Å². The van der Waals surface area contributed by atoms with Crippen LogP contribution >= 0.6 is 11.8 Å². The molecule has 6 aromatic rings. The average molecular weight is 417 g/mol. The molecule has 0 radical (unpaired) electrons. The summed E-state index contributed by atoms with van der Waals surface area (Å²) < 4.78 is 0. The van der Waals surface area contributed by atoms with E-state index in [1.54, 1.807) is 0 Å². The van der Waals surface area contributed by atoms with Gasteiger partial charge in [0.05, 0.1) is 22.1 Å². The zero-order valence-electron chi connectivity index (χ0n) is 17.0. The number of aromatic nitrogens is 2. The summed E-state index contributed by atoms with van der Waals surface area (Å²) in [4.78, 5) is 9.74. The Balaban J connectivity index is 1.43. The summed E-state index contributed by atoms with van der Waals surface area (Å²) in [7, 11) is 0. The summed E-state index contributed by atoms with van der Waals surface area (Å²) >= 11 is 1.96. The summed E-state index contributed by atoms with van der Waals surface area (Å²) in [5.41, 5.74) is 7.00. The Labute approximate surface area is 185 Å². The van der Waals surface area contributed by atoms with Crippen molar-refractivity contribution in [2.24, 2.45) is 0 Å². The molecule has 0 aliphatic heterocycles. The van der Waals surface area contributed by atoms with Crippen molar-refractivity contribution in [3.8, 4) is 0 Å². The van der Waals surface area contributed by atoms with E-state index in [9.17, 15) is 0 Å². The molecule has 0 aliphatic carbocycles. The Morgan fingerprint density at radius 2 is 0.710 bits per heavy atom. The van der Waals surface area contributed by atoms with Gasteiger partial charge in [-0.15, -0.1) is 0 Å². The largest absolute Gasteiger partial charge is 0.248 e. The van der Waals surface area contributed by atoms with Gasteiger partial charge in [0.25, 0.3) is 0 Å². The maximum atomic E-state index is 4.87. The van der Waals surface area contributed by atoms with Crippen LogP contribution in [0.15, 0.2) is 97.1 Å². The van der Waals surface area contributed by atoms with E-state index in [0.29, 0.717) is 0 Å². The van der Waals surface area contributed by atoms with Gasteiger partial charge in [-0.1, -0.05) is 72.8 Å². The highest BCUT2D eigenvalue weighted by molar-refractivity contribution is 7.97. The normalized spacial score (nSPS) is 11.6. The lowest BCUT2D eigenvalue weighted by atomic mass is 10.0. The van der Waals surface area contributed by atoms with Crippen molar-refractivity contribution in [1.82, 2.24) is 9.97 Å². The average Bonchev–Trinajstić information content (AvgIpc) is 2.83. The highest BCUT2D eigenvalue weighted by Gasteiger charge is 2.12. The first-order chi connectivity index (χ1) is 15.4.